The normalized spacial score (nSPS) is 19.3. The summed E-state index contributed by atoms with van der Waals surface area (Å²) in [7, 11) is 0. The van der Waals surface area contributed by atoms with Crippen LogP contribution in [0.4, 0.5) is 0 Å². The number of amides is 1. The van der Waals surface area contributed by atoms with Gasteiger partial charge in [-0.2, -0.15) is 0 Å². The molecule has 1 aliphatic heterocycles. The van der Waals surface area contributed by atoms with E-state index < -0.39 is 0 Å². The van der Waals surface area contributed by atoms with E-state index in [2.05, 4.69) is 5.32 Å². The summed E-state index contributed by atoms with van der Waals surface area (Å²) in [6, 6.07) is 5.43. The predicted molar refractivity (Wildman–Crippen MR) is 67.5 cm³/mol. The molecule has 0 unspecified atom stereocenters. The molecular formula is C13H16ClNO2. The summed E-state index contributed by atoms with van der Waals surface area (Å²) in [6.07, 6.45) is 2.25. The van der Waals surface area contributed by atoms with Gasteiger partial charge in [0.2, 0.25) is 0 Å². The molecule has 92 valence electrons. The van der Waals surface area contributed by atoms with E-state index in [0.29, 0.717) is 17.1 Å². The molecule has 1 aromatic carbocycles. The van der Waals surface area contributed by atoms with Crippen LogP contribution in [0, 0.1) is 6.92 Å². The molecule has 0 aliphatic carbocycles. The fraction of sp³-hybridized carbons (Fsp3) is 0.462. The number of halogens is 1. The standard InChI is InChI=1S/C13H16ClNO2/c1-9-4-5-11(12(14)7-9)13(16)15-8-10-3-2-6-17-10/h4-5,7,10H,2-3,6,8H2,1H3,(H,15,16)/t10-/m0/s1. The molecule has 1 saturated heterocycles. The van der Waals surface area contributed by atoms with Gasteiger partial charge in [0.05, 0.1) is 16.7 Å². The Morgan fingerprint density at radius 3 is 3.06 bits per heavy atom. The van der Waals surface area contributed by atoms with Crippen LogP contribution in [0.2, 0.25) is 5.02 Å². The van der Waals surface area contributed by atoms with Gasteiger partial charge in [0.1, 0.15) is 0 Å². The van der Waals surface area contributed by atoms with Crippen molar-refractivity contribution < 1.29 is 9.53 Å². The number of hydrogen-bond donors (Lipinski definition) is 1. The number of rotatable bonds is 3. The maximum atomic E-state index is 11.9. The van der Waals surface area contributed by atoms with Crippen molar-refractivity contribution in [3.8, 4) is 0 Å². The number of nitrogens with one attached hydrogen (secondary N) is 1. The molecule has 1 amide bonds. The number of carbonyl (C=O) groups excluding carboxylic acids is 1. The zero-order valence-electron chi connectivity index (χ0n) is 9.83. The van der Waals surface area contributed by atoms with E-state index in [9.17, 15) is 4.79 Å². The first-order valence-corrected chi connectivity index (χ1v) is 6.20. The Balaban J connectivity index is 1.94. The van der Waals surface area contributed by atoms with Gasteiger partial charge in [-0.05, 0) is 37.5 Å². The van der Waals surface area contributed by atoms with Crippen LogP contribution < -0.4 is 5.32 Å². The first kappa shape index (κ1) is 12.4. The molecule has 0 aromatic heterocycles. The van der Waals surface area contributed by atoms with E-state index >= 15 is 0 Å². The topological polar surface area (TPSA) is 38.3 Å². The highest BCUT2D eigenvalue weighted by Crippen LogP contribution is 2.17. The minimum atomic E-state index is -0.134. The monoisotopic (exact) mass is 253 g/mol. The van der Waals surface area contributed by atoms with Gasteiger partial charge in [0.25, 0.3) is 5.91 Å². The second kappa shape index (κ2) is 5.52. The average Bonchev–Trinajstić information content (AvgIpc) is 2.78. The van der Waals surface area contributed by atoms with Crippen molar-refractivity contribution in [3.05, 3.63) is 34.3 Å². The van der Waals surface area contributed by atoms with Crippen LogP contribution in [0.5, 0.6) is 0 Å². The van der Waals surface area contributed by atoms with Gasteiger partial charge in [-0.3, -0.25) is 4.79 Å². The van der Waals surface area contributed by atoms with E-state index in [-0.39, 0.29) is 12.0 Å². The second-order valence-corrected chi connectivity index (χ2v) is 4.74. The number of aryl methyl sites for hydroxylation is 1. The van der Waals surface area contributed by atoms with Gasteiger partial charge in [0, 0.05) is 13.2 Å². The molecule has 4 heteroatoms. The molecule has 3 nitrogen and oxygen atoms in total. The third-order valence-corrected chi connectivity index (χ3v) is 3.20. The summed E-state index contributed by atoms with van der Waals surface area (Å²) in [4.78, 5) is 11.9. The summed E-state index contributed by atoms with van der Waals surface area (Å²) in [6.45, 7) is 3.30. The van der Waals surface area contributed by atoms with Crippen LogP contribution in [0.3, 0.4) is 0 Å². The molecule has 1 fully saturated rings. The van der Waals surface area contributed by atoms with Crippen molar-refractivity contribution in [2.75, 3.05) is 13.2 Å². The molecule has 0 bridgehead atoms. The van der Waals surface area contributed by atoms with Crippen LogP contribution in [0.15, 0.2) is 18.2 Å². The lowest BCUT2D eigenvalue weighted by Crippen LogP contribution is -2.31. The highest BCUT2D eigenvalue weighted by Gasteiger charge is 2.17. The lowest BCUT2D eigenvalue weighted by molar-refractivity contribution is 0.0858. The molecule has 0 saturated carbocycles. The number of hydrogen-bond acceptors (Lipinski definition) is 2. The van der Waals surface area contributed by atoms with E-state index in [1.807, 2.05) is 13.0 Å². The van der Waals surface area contributed by atoms with Crippen molar-refractivity contribution in [1.29, 1.82) is 0 Å². The first-order chi connectivity index (χ1) is 8.16. The van der Waals surface area contributed by atoms with Gasteiger partial charge < -0.3 is 10.1 Å². The first-order valence-electron chi connectivity index (χ1n) is 5.83. The van der Waals surface area contributed by atoms with Gasteiger partial charge in [-0.1, -0.05) is 17.7 Å². The summed E-state index contributed by atoms with van der Waals surface area (Å²) in [5.41, 5.74) is 1.57. The molecular weight excluding hydrogens is 238 g/mol. The fourth-order valence-corrected chi connectivity index (χ4v) is 2.23. The maximum absolute atomic E-state index is 11.9. The summed E-state index contributed by atoms with van der Waals surface area (Å²) >= 11 is 6.03. The third kappa shape index (κ3) is 3.20. The second-order valence-electron chi connectivity index (χ2n) is 4.33. The van der Waals surface area contributed by atoms with Crippen molar-refractivity contribution >= 4 is 17.5 Å². The minimum Gasteiger partial charge on any atom is -0.376 e. The lowest BCUT2D eigenvalue weighted by Gasteiger charge is -2.11. The summed E-state index contributed by atoms with van der Waals surface area (Å²) in [5, 5.41) is 3.35. The van der Waals surface area contributed by atoms with Crippen molar-refractivity contribution in [3.63, 3.8) is 0 Å². The van der Waals surface area contributed by atoms with E-state index in [0.717, 1.165) is 25.0 Å². The van der Waals surface area contributed by atoms with E-state index in [1.165, 1.54) is 0 Å². The molecule has 1 aromatic rings. The van der Waals surface area contributed by atoms with Crippen LogP contribution in [-0.4, -0.2) is 25.2 Å². The van der Waals surface area contributed by atoms with Gasteiger partial charge in [-0.25, -0.2) is 0 Å². The van der Waals surface area contributed by atoms with Crippen molar-refractivity contribution in [2.24, 2.45) is 0 Å². The predicted octanol–water partition coefficient (Wildman–Crippen LogP) is 2.56. The summed E-state index contributed by atoms with van der Waals surface area (Å²) < 4.78 is 5.44. The molecule has 1 heterocycles. The largest absolute Gasteiger partial charge is 0.376 e. The van der Waals surface area contributed by atoms with Gasteiger partial charge >= 0.3 is 0 Å². The molecule has 0 spiro atoms. The number of carbonyl (C=O) groups is 1. The quantitative estimate of drug-likeness (QED) is 0.899. The summed E-state index contributed by atoms with van der Waals surface area (Å²) in [5.74, 6) is -0.134. The third-order valence-electron chi connectivity index (χ3n) is 2.88. The van der Waals surface area contributed by atoms with Crippen molar-refractivity contribution in [1.82, 2.24) is 5.32 Å². The Morgan fingerprint density at radius 1 is 1.59 bits per heavy atom. The smallest absolute Gasteiger partial charge is 0.252 e. The zero-order valence-corrected chi connectivity index (χ0v) is 10.6. The Morgan fingerprint density at radius 2 is 2.41 bits per heavy atom. The van der Waals surface area contributed by atoms with Gasteiger partial charge in [0.15, 0.2) is 0 Å². The Labute approximate surface area is 106 Å². The highest BCUT2D eigenvalue weighted by atomic mass is 35.5. The Kier molecular flexibility index (Phi) is 4.02. The lowest BCUT2D eigenvalue weighted by atomic mass is 10.1. The SMILES string of the molecule is Cc1ccc(C(=O)NC[C@@H]2CCCO2)c(Cl)c1. The van der Waals surface area contributed by atoms with Crippen LogP contribution in [0.1, 0.15) is 28.8 Å². The van der Waals surface area contributed by atoms with Crippen LogP contribution in [-0.2, 0) is 4.74 Å². The van der Waals surface area contributed by atoms with Crippen molar-refractivity contribution in [2.45, 2.75) is 25.9 Å². The molecule has 17 heavy (non-hydrogen) atoms. The molecule has 0 radical (unpaired) electrons. The minimum absolute atomic E-state index is 0.134. The maximum Gasteiger partial charge on any atom is 0.252 e. The molecule has 2 rings (SSSR count). The molecule has 1 atom stereocenters. The van der Waals surface area contributed by atoms with Crippen LogP contribution >= 0.6 is 11.6 Å². The van der Waals surface area contributed by atoms with Crippen LogP contribution in [0.25, 0.3) is 0 Å². The zero-order chi connectivity index (χ0) is 12.3. The Bertz CT molecular complexity index is 414. The fourth-order valence-electron chi connectivity index (χ4n) is 1.91. The van der Waals surface area contributed by atoms with E-state index in [4.69, 9.17) is 16.3 Å². The number of ether oxygens (including phenoxy) is 1. The average molecular weight is 254 g/mol. The highest BCUT2D eigenvalue weighted by molar-refractivity contribution is 6.33. The molecule has 1 N–H and O–H groups in total. The van der Waals surface area contributed by atoms with E-state index in [1.54, 1.807) is 12.1 Å². The molecule has 1 aliphatic rings. The Hall–Kier alpha value is -1.06. The van der Waals surface area contributed by atoms with Gasteiger partial charge in [-0.15, -0.1) is 0 Å². The number of benzene rings is 1.